The average molecular weight is 765 g/mol. The van der Waals surface area contributed by atoms with E-state index in [4.69, 9.17) is 0 Å². The van der Waals surface area contributed by atoms with Gasteiger partial charge in [0.15, 0.2) is 0 Å². The summed E-state index contributed by atoms with van der Waals surface area (Å²) in [6.45, 7) is 4.87. The van der Waals surface area contributed by atoms with Crippen molar-refractivity contribution >= 4 is 43.6 Å². The molecule has 13 rings (SSSR count). The molecule has 2 aromatic heterocycles. The van der Waals surface area contributed by atoms with E-state index < -0.39 is 5.41 Å². The average Bonchev–Trinajstić information content (AvgIpc) is 3.83. The highest BCUT2D eigenvalue weighted by atomic mass is 15.0. The Morgan fingerprint density at radius 1 is 0.350 bits per heavy atom. The van der Waals surface area contributed by atoms with E-state index in [-0.39, 0.29) is 5.41 Å². The number of rotatable bonds is 3. The fourth-order valence-electron chi connectivity index (χ4n) is 11.5. The zero-order valence-corrected chi connectivity index (χ0v) is 33.5. The van der Waals surface area contributed by atoms with Crippen LogP contribution in [-0.4, -0.2) is 9.13 Å². The third-order valence-corrected chi connectivity index (χ3v) is 14.0. The van der Waals surface area contributed by atoms with Gasteiger partial charge in [0.25, 0.3) is 0 Å². The highest BCUT2D eigenvalue weighted by Crippen LogP contribution is 2.61. The Hall–Kier alpha value is -7.42. The molecule has 1 spiro atoms. The number of benzene rings is 9. The van der Waals surface area contributed by atoms with Crippen molar-refractivity contribution in [1.29, 1.82) is 0 Å². The number of hydrogen-bond acceptors (Lipinski definition) is 0. The summed E-state index contributed by atoms with van der Waals surface area (Å²) in [6, 6.07) is 77.2. The van der Waals surface area contributed by atoms with Gasteiger partial charge in [0.05, 0.1) is 33.2 Å². The Balaban J connectivity index is 1.02. The lowest BCUT2D eigenvalue weighted by Gasteiger charge is -2.50. The fourth-order valence-corrected chi connectivity index (χ4v) is 11.5. The Labute approximate surface area is 349 Å². The van der Waals surface area contributed by atoms with Crippen LogP contribution in [0.15, 0.2) is 206 Å². The van der Waals surface area contributed by atoms with Crippen LogP contribution in [0.2, 0.25) is 0 Å². The highest BCUT2D eigenvalue weighted by molar-refractivity contribution is 6.13. The van der Waals surface area contributed by atoms with Crippen LogP contribution in [0.5, 0.6) is 0 Å². The molecule has 0 amide bonds. The topological polar surface area (TPSA) is 9.86 Å². The second-order valence-corrected chi connectivity index (χ2v) is 17.2. The summed E-state index contributed by atoms with van der Waals surface area (Å²) in [6.07, 6.45) is 0. The number of hydrogen-bond donors (Lipinski definition) is 0. The largest absolute Gasteiger partial charge is 0.309 e. The SMILES string of the molecule is CC1(C)c2ccccc2C2(c3ccccc3-n3c4ccccc4c4cccc2c43)c2cccc(-c3ccc(-c4ccc5c(c4)c4ccccc4n5-c4ccccc4)cc3)c21. The van der Waals surface area contributed by atoms with Gasteiger partial charge < -0.3 is 9.13 Å². The summed E-state index contributed by atoms with van der Waals surface area (Å²) in [4.78, 5) is 0. The van der Waals surface area contributed by atoms with Crippen molar-refractivity contribution in [1.82, 2.24) is 9.13 Å². The molecule has 0 radical (unpaired) electrons. The van der Waals surface area contributed by atoms with E-state index in [2.05, 4.69) is 229 Å². The van der Waals surface area contributed by atoms with Crippen molar-refractivity contribution in [3.8, 4) is 33.6 Å². The minimum atomic E-state index is -0.522. The van der Waals surface area contributed by atoms with Gasteiger partial charge in [-0.15, -0.1) is 0 Å². The van der Waals surface area contributed by atoms with Crippen LogP contribution in [0.1, 0.15) is 47.2 Å². The molecule has 0 saturated carbocycles. The van der Waals surface area contributed by atoms with E-state index in [0.29, 0.717) is 0 Å². The van der Waals surface area contributed by atoms with Gasteiger partial charge in [0, 0.05) is 32.6 Å². The molecule has 0 fully saturated rings. The lowest BCUT2D eigenvalue weighted by Crippen LogP contribution is -2.44. The Morgan fingerprint density at radius 3 is 1.70 bits per heavy atom. The lowest BCUT2D eigenvalue weighted by atomic mass is 9.52. The van der Waals surface area contributed by atoms with Gasteiger partial charge in [-0.2, -0.15) is 0 Å². The molecule has 0 bridgehead atoms. The van der Waals surface area contributed by atoms with Gasteiger partial charge in [-0.25, -0.2) is 0 Å². The summed E-state index contributed by atoms with van der Waals surface area (Å²) in [5.41, 5.74) is 19.8. The molecule has 11 aromatic rings. The van der Waals surface area contributed by atoms with Crippen LogP contribution >= 0.6 is 0 Å². The second kappa shape index (κ2) is 12.1. The second-order valence-electron chi connectivity index (χ2n) is 17.2. The molecule has 2 aliphatic rings. The first-order valence-electron chi connectivity index (χ1n) is 21.1. The molecule has 9 aromatic carbocycles. The number of nitrogens with zero attached hydrogens (tertiary/aromatic N) is 2. The summed E-state index contributed by atoms with van der Waals surface area (Å²) < 4.78 is 4.91. The van der Waals surface area contributed by atoms with Gasteiger partial charge in [0.2, 0.25) is 0 Å². The molecule has 60 heavy (non-hydrogen) atoms. The smallest absolute Gasteiger partial charge is 0.0748 e. The van der Waals surface area contributed by atoms with E-state index >= 15 is 0 Å². The molecule has 1 atom stereocenters. The molecule has 2 heteroatoms. The van der Waals surface area contributed by atoms with Gasteiger partial charge >= 0.3 is 0 Å². The zero-order valence-electron chi connectivity index (χ0n) is 33.5. The summed E-state index contributed by atoms with van der Waals surface area (Å²) in [5.74, 6) is 0. The summed E-state index contributed by atoms with van der Waals surface area (Å²) >= 11 is 0. The van der Waals surface area contributed by atoms with Gasteiger partial charge in [-0.1, -0.05) is 178 Å². The predicted octanol–water partition coefficient (Wildman–Crippen LogP) is 14.6. The third-order valence-electron chi connectivity index (χ3n) is 14.0. The number of aromatic nitrogens is 2. The lowest BCUT2D eigenvalue weighted by molar-refractivity contribution is 0.558. The minimum Gasteiger partial charge on any atom is -0.309 e. The van der Waals surface area contributed by atoms with Crippen LogP contribution in [0, 0.1) is 0 Å². The normalized spacial score (nSPS) is 16.0. The molecule has 0 N–H and O–H groups in total. The van der Waals surface area contributed by atoms with Crippen molar-refractivity contribution in [3.63, 3.8) is 0 Å². The molecule has 1 unspecified atom stereocenters. The first-order valence-corrected chi connectivity index (χ1v) is 21.1. The van der Waals surface area contributed by atoms with Crippen molar-refractivity contribution in [2.24, 2.45) is 0 Å². The zero-order chi connectivity index (χ0) is 39.7. The monoisotopic (exact) mass is 764 g/mol. The van der Waals surface area contributed by atoms with E-state index in [1.807, 2.05) is 0 Å². The Kier molecular flexibility index (Phi) is 6.74. The molecule has 1 aliphatic carbocycles. The van der Waals surface area contributed by atoms with Crippen molar-refractivity contribution in [2.75, 3.05) is 0 Å². The van der Waals surface area contributed by atoms with E-state index in [1.165, 1.54) is 111 Å². The van der Waals surface area contributed by atoms with Crippen molar-refractivity contribution in [2.45, 2.75) is 24.7 Å². The highest BCUT2D eigenvalue weighted by Gasteiger charge is 2.53. The van der Waals surface area contributed by atoms with Crippen molar-refractivity contribution in [3.05, 3.63) is 240 Å². The molecule has 1 aliphatic heterocycles. The Morgan fingerprint density at radius 2 is 0.900 bits per heavy atom. The predicted molar refractivity (Wildman–Crippen MR) is 250 cm³/mol. The minimum absolute atomic E-state index is 0.266. The fraction of sp³-hybridized carbons (Fsp3) is 0.0690. The van der Waals surface area contributed by atoms with E-state index in [9.17, 15) is 0 Å². The van der Waals surface area contributed by atoms with Crippen LogP contribution in [0.25, 0.3) is 77.2 Å². The maximum Gasteiger partial charge on any atom is 0.0748 e. The maximum absolute atomic E-state index is 2.53. The summed E-state index contributed by atoms with van der Waals surface area (Å²) in [5, 5.41) is 5.12. The molecule has 0 saturated heterocycles. The molecular formula is C58H40N2. The van der Waals surface area contributed by atoms with Gasteiger partial charge in [-0.3, -0.25) is 0 Å². The Bertz CT molecular complexity index is 3560. The standard InChI is InChI=1S/C58H40N2/c1-57(2)46-22-8-9-23-47(46)58(48-24-10-13-29-54(48)60-52-28-12-6-18-42(52)44-21-15-26-50(58)56(44)60)49-25-14-20-41(55(49)57)38-32-30-37(31-33-38)39-34-35-53-45(36-39)43-19-7-11-27-51(43)59(53)40-16-4-3-5-17-40/h3-36H,1-2H3. The number of fused-ring (bicyclic) bond motifs is 14. The van der Waals surface area contributed by atoms with E-state index in [1.54, 1.807) is 0 Å². The molecule has 282 valence electrons. The molecular weight excluding hydrogens is 725 g/mol. The third kappa shape index (κ3) is 4.22. The maximum atomic E-state index is 2.53. The first-order chi connectivity index (χ1) is 29.5. The molecule has 2 nitrogen and oxygen atoms in total. The van der Waals surface area contributed by atoms with Crippen LogP contribution in [0.4, 0.5) is 0 Å². The number of para-hydroxylation sites is 5. The van der Waals surface area contributed by atoms with E-state index in [0.717, 1.165) is 0 Å². The van der Waals surface area contributed by atoms with Crippen LogP contribution in [-0.2, 0) is 10.8 Å². The van der Waals surface area contributed by atoms with Crippen LogP contribution in [0.3, 0.4) is 0 Å². The van der Waals surface area contributed by atoms with Gasteiger partial charge in [0.1, 0.15) is 0 Å². The molecule has 3 heterocycles. The summed E-state index contributed by atoms with van der Waals surface area (Å²) in [7, 11) is 0. The first kappa shape index (κ1) is 33.5. The quantitative estimate of drug-likeness (QED) is 0.170. The van der Waals surface area contributed by atoms with Crippen molar-refractivity contribution < 1.29 is 0 Å². The van der Waals surface area contributed by atoms with Gasteiger partial charge in [-0.05, 0) is 98.1 Å². The van der Waals surface area contributed by atoms with Crippen LogP contribution < -0.4 is 0 Å².